The van der Waals surface area contributed by atoms with Crippen molar-refractivity contribution in [1.29, 1.82) is 0 Å². The predicted octanol–water partition coefficient (Wildman–Crippen LogP) is 10.5. The van der Waals surface area contributed by atoms with Crippen LogP contribution in [0.5, 0.6) is 11.5 Å². The van der Waals surface area contributed by atoms with Gasteiger partial charge in [0.05, 0.1) is 5.56 Å². The summed E-state index contributed by atoms with van der Waals surface area (Å²) in [6.07, 6.45) is 7.54. The topological polar surface area (TPSA) is 52.6 Å². The number of benzene rings is 1. The maximum Gasteiger partial charge on any atom is 0.250 e. The number of aryl methyl sites for hydroxylation is 1. The molecule has 6 heteroatoms. The van der Waals surface area contributed by atoms with Crippen LogP contribution in [0, 0.1) is 24.2 Å². The minimum absolute atomic E-state index is 0.0133. The highest BCUT2D eigenvalue weighted by Crippen LogP contribution is 2.48. The lowest BCUT2D eigenvalue weighted by molar-refractivity contribution is -0.132. The third-order valence-electron chi connectivity index (χ3n) is 11.2. The largest absolute Gasteiger partial charge is 0.543 e. The Morgan fingerprint density at radius 3 is 2.07 bits per heavy atom. The van der Waals surface area contributed by atoms with Crippen LogP contribution in [0.15, 0.2) is 17.7 Å². The van der Waals surface area contributed by atoms with Crippen LogP contribution < -0.4 is 8.85 Å². The van der Waals surface area contributed by atoms with E-state index in [1.165, 1.54) is 5.57 Å². The van der Waals surface area contributed by atoms with E-state index in [1.54, 1.807) is 0 Å². The molecular weight excluding hydrogens is 541 g/mol. The number of hydrogen-bond donors (Lipinski definition) is 0. The first kappa shape index (κ1) is 35.5. The van der Waals surface area contributed by atoms with Gasteiger partial charge in [-0.05, 0) is 98.8 Å². The Balaban J connectivity index is 2.58. The summed E-state index contributed by atoms with van der Waals surface area (Å²) in [5.41, 5.74) is 3.83. The molecule has 0 bridgehead atoms. The molecule has 1 aromatic rings. The normalized spacial score (nSPS) is 23.0. The molecule has 2 rings (SSSR count). The molecule has 0 N–H and O–H groups in total. The summed E-state index contributed by atoms with van der Waals surface area (Å²) in [4.78, 5) is 25.1. The van der Waals surface area contributed by atoms with E-state index in [0.29, 0.717) is 35.9 Å². The smallest absolute Gasteiger partial charge is 0.250 e. The first-order chi connectivity index (χ1) is 18.5. The minimum atomic E-state index is -2.25. The number of aldehydes is 1. The second-order valence-corrected chi connectivity index (χ2v) is 25.6. The molecule has 1 aromatic carbocycles. The third kappa shape index (κ3) is 7.84. The van der Waals surface area contributed by atoms with Crippen LogP contribution in [0.25, 0.3) is 0 Å². The Morgan fingerprint density at radius 2 is 1.56 bits per heavy atom. The van der Waals surface area contributed by atoms with Gasteiger partial charge in [0, 0.05) is 17.9 Å². The Bertz CT molecular complexity index is 1150. The van der Waals surface area contributed by atoms with Gasteiger partial charge in [-0.25, -0.2) is 0 Å². The molecule has 0 amide bonds. The van der Waals surface area contributed by atoms with Crippen molar-refractivity contribution >= 4 is 28.7 Å². The highest BCUT2D eigenvalue weighted by molar-refractivity contribution is 6.75. The first-order valence-corrected chi connectivity index (χ1v) is 21.5. The molecular formula is C35H60O4Si2. The lowest BCUT2D eigenvalue weighted by Crippen LogP contribution is -2.45. The number of carbonyl (C=O) groups is 2. The van der Waals surface area contributed by atoms with Gasteiger partial charge in [-0.3, -0.25) is 9.59 Å². The van der Waals surface area contributed by atoms with Crippen molar-refractivity contribution in [1.82, 2.24) is 0 Å². The van der Waals surface area contributed by atoms with Crippen LogP contribution in [-0.4, -0.2) is 28.7 Å². The minimum Gasteiger partial charge on any atom is -0.543 e. The molecule has 0 saturated heterocycles. The lowest BCUT2D eigenvalue weighted by atomic mass is 9.59. The molecule has 0 heterocycles. The number of rotatable bonds is 10. The Labute approximate surface area is 254 Å². The van der Waals surface area contributed by atoms with Crippen molar-refractivity contribution in [2.24, 2.45) is 17.3 Å². The second kappa shape index (κ2) is 12.5. The van der Waals surface area contributed by atoms with Crippen molar-refractivity contribution in [3.05, 3.63) is 34.4 Å². The number of ketones is 1. The Morgan fingerprint density at radius 1 is 1.02 bits per heavy atom. The first-order valence-electron chi connectivity index (χ1n) is 15.7. The Kier molecular flexibility index (Phi) is 10.8. The molecule has 41 heavy (non-hydrogen) atoms. The quantitative estimate of drug-likeness (QED) is 0.152. The van der Waals surface area contributed by atoms with Crippen LogP contribution >= 0.6 is 0 Å². The number of Topliss-reactive ketones (excluding diaryl/α,β-unsaturated/α-hetero) is 1. The second-order valence-electron chi connectivity index (χ2n) is 16.1. The van der Waals surface area contributed by atoms with E-state index >= 15 is 0 Å². The van der Waals surface area contributed by atoms with E-state index < -0.39 is 16.6 Å². The average Bonchev–Trinajstić information content (AvgIpc) is 2.82. The molecule has 1 fully saturated rings. The van der Waals surface area contributed by atoms with Gasteiger partial charge in [0.25, 0.3) is 8.32 Å². The van der Waals surface area contributed by atoms with E-state index in [2.05, 4.69) is 108 Å². The van der Waals surface area contributed by atoms with Crippen LogP contribution in [0.3, 0.4) is 0 Å². The molecule has 1 aliphatic carbocycles. The SMILES string of the molecule is C/C(=C\Cc1c(O[Si](C)(C)C(C)(C)C)cc(C)c(C=O)c1O[Si](C)(C)C(C)(C)C)CC[C@@]1(C)[C@H](C)CCC(=O)[C@@H]1C. The zero-order chi connectivity index (χ0) is 31.8. The predicted molar refractivity (Wildman–Crippen MR) is 180 cm³/mol. The standard InChI is InChI=1S/C35H60O4Si2/c1-24(20-21-35(11)26(3)17-19-30(37)27(35)4)16-18-28-31(38-40(12,13)33(5,6)7)22-25(2)29(23-36)32(28)39-41(14,15)34(8,9)10/h16,22-23,26-27H,17-21H2,1-15H3/b24-16+/t26-,27+,35+/m1/s1. The van der Waals surface area contributed by atoms with E-state index in [1.807, 2.05) is 6.92 Å². The fourth-order valence-electron chi connectivity index (χ4n) is 5.21. The van der Waals surface area contributed by atoms with Gasteiger partial charge in [-0.1, -0.05) is 74.0 Å². The molecule has 232 valence electrons. The zero-order valence-corrected chi connectivity index (χ0v) is 31.1. The number of carbonyl (C=O) groups excluding carboxylic acids is 2. The lowest BCUT2D eigenvalue weighted by Gasteiger charge is -2.44. The number of hydrogen-bond acceptors (Lipinski definition) is 4. The van der Waals surface area contributed by atoms with Crippen LogP contribution in [0.1, 0.15) is 116 Å². The van der Waals surface area contributed by atoms with Crippen molar-refractivity contribution in [2.75, 3.05) is 0 Å². The highest BCUT2D eigenvalue weighted by Gasteiger charge is 2.44. The Hall–Kier alpha value is -1.67. The fraction of sp³-hybridized carbons (Fsp3) is 0.714. The third-order valence-corrected chi connectivity index (χ3v) is 19.8. The maximum absolute atomic E-state index is 12.6. The molecule has 0 unspecified atom stereocenters. The molecule has 1 aliphatic rings. The molecule has 0 aliphatic heterocycles. The van der Waals surface area contributed by atoms with Crippen molar-refractivity contribution in [3.8, 4) is 11.5 Å². The maximum atomic E-state index is 12.6. The van der Waals surface area contributed by atoms with Gasteiger partial charge in [0.15, 0.2) is 6.29 Å². The molecule has 0 radical (unpaired) electrons. The molecule has 3 atom stereocenters. The van der Waals surface area contributed by atoms with E-state index in [4.69, 9.17) is 8.85 Å². The molecule has 0 aromatic heterocycles. The zero-order valence-electron chi connectivity index (χ0n) is 29.1. The van der Waals surface area contributed by atoms with Crippen molar-refractivity contribution < 1.29 is 18.4 Å². The van der Waals surface area contributed by atoms with Gasteiger partial charge in [-0.15, -0.1) is 0 Å². The summed E-state index contributed by atoms with van der Waals surface area (Å²) in [7, 11) is -4.40. The summed E-state index contributed by atoms with van der Waals surface area (Å²) in [6, 6.07) is 2.05. The summed E-state index contributed by atoms with van der Waals surface area (Å²) in [5, 5.41) is 0.0224. The van der Waals surface area contributed by atoms with E-state index in [-0.39, 0.29) is 21.4 Å². The van der Waals surface area contributed by atoms with Gasteiger partial charge >= 0.3 is 0 Å². The van der Waals surface area contributed by atoms with E-state index in [0.717, 1.165) is 42.4 Å². The van der Waals surface area contributed by atoms with Crippen LogP contribution in [0.4, 0.5) is 0 Å². The average molecular weight is 601 g/mol. The van der Waals surface area contributed by atoms with Crippen molar-refractivity contribution in [2.45, 2.75) is 145 Å². The van der Waals surface area contributed by atoms with Gasteiger partial charge in [-0.2, -0.15) is 0 Å². The monoisotopic (exact) mass is 600 g/mol. The van der Waals surface area contributed by atoms with Crippen LogP contribution in [0.2, 0.25) is 36.3 Å². The van der Waals surface area contributed by atoms with Crippen LogP contribution in [-0.2, 0) is 11.2 Å². The van der Waals surface area contributed by atoms with Gasteiger partial charge in [0.2, 0.25) is 8.32 Å². The summed E-state index contributed by atoms with van der Waals surface area (Å²) in [5.74, 6) is 2.60. The van der Waals surface area contributed by atoms with Crippen molar-refractivity contribution in [3.63, 3.8) is 0 Å². The van der Waals surface area contributed by atoms with E-state index in [9.17, 15) is 9.59 Å². The van der Waals surface area contributed by atoms with Gasteiger partial charge in [0.1, 0.15) is 17.3 Å². The fourth-order valence-corrected chi connectivity index (χ4v) is 7.29. The summed E-state index contributed by atoms with van der Waals surface area (Å²) < 4.78 is 13.9. The highest BCUT2D eigenvalue weighted by atomic mass is 28.4. The summed E-state index contributed by atoms with van der Waals surface area (Å²) >= 11 is 0. The molecule has 1 saturated carbocycles. The number of allylic oxidation sites excluding steroid dienone is 2. The summed E-state index contributed by atoms with van der Waals surface area (Å²) in [6.45, 7) is 33.4. The molecule has 0 spiro atoms. The molecule has 4 nitrogen and oxygen atoms in total. The van der Waals surface area contributed by atoms with Gasteiger partial charge < -0.3 is 8.85 Å².